The van der Waals surface area contributed by atoms with E-state index in [1.165, 1.54) is 32.1 Å². The molecule has 1 radical (unpaired) electrons. The van der Waals surface area contributed by atoms with E-state index in [4.69, 9.17) is 6.65 Å². The number of rotatable bonds is 1. The predicted molar refractivity (Wildman–Crippen MR) is 37.9 cm³/mol. The van der Waals surface area contributed by atoms with Crippen molar-refractivity contribution in [1.82, 2.24) is 0 Å². The second kappa shape index (κ2) is 8.15. The van der Waals surface area contributed by atoms with Crippen molar-refractivity contribution in [1.29, 1.82) is 0 Å². The van der Waals surface area contributed by atoms with E-state index in [1.54, 1.807) is 5.92 Å². The van der Waals surface area contributed by atoms with E-state index in [0.717, 1.165) is 0 Å². The second-order valence-electron chi connectivity index (χ2n) is 2.51. The minimum absolute atomic E-state index is 1.31. The zero-order valence-electron chi connectivity index (χ0n) is 6.64. The third kappa shape index (κ3) is 6.45. The van der Waals surface area contributed by atoms with Crippen LogP contribution >= 0.6 is 0 Å². The van der Waals surface area contributed by atoms with Crippen LogP contribution in [-0.2, 0) is 25.7 Å². The maximum atomic E-state index is 8.50. The summed E-state index contributed by atoms with van der Waals surface area (Å²) in [6, 6.07) is 0. The predicted octanol–water partition coefficient (Wildman–Crippen LogP) is 2.47. The molecular weight excluding hydrogens is 176 g/mol. The molecule has 0 spiro atoms. The first-order valence-electron chi connectivity index (χ1n) is 3.81. The van der Waals surface area contributed by atoms with E-state index >= 15 is 0 Å². The van der Waals surface area contributed by atoms with Crippen LogP contribution < -0.4 is 0 Å². The monoisotopic (exact) mass is 189 g/mol. The van der Waals surface area contributed by atoms with Gasteiger partial charge in [-0.3, -0.25) is 0 Å². The van der Waals surface area contributed by atoms with Crippen molar-refractivity contribution >= 4 is 0 Å². The van der Waals surface area contributed by atoms with E-state index in [-0.39, 0.29) is 0 Å². The molecule has 61 valence electrons. The van der Waals surface area contributed by atoms with Crippen LogP contribution in [0.2, 0.25) is 0 Å². The summed E-state index contributed by atoms with van der Waals surface area (Å²) in [5, 5.41) is 0. The third-order valence-electron chi connectivity index (χ3n) is 1.78. The molecule has 0 aromatic rings. The summed E-state index contributed by atoms with van der Waals surface area (Å²) in [5.41, 5.74) is 0. The minimum atomic E-state index is -2.00. The van der Waals surface area contributed by atoms with Gasteiger partial charge in [-0.15, -0.1) is 6.58 Å². The van der Waals surface area contributed by atoms with Crippen molar-refractivity contribution in [2.45, 2.75) is 32.1 Å². The Morgan fingerprint density at radius 2 is 1.64 bits per heavy atom. The van der Waals surface area contributed by atoms with Gasteiger partial charge in [-0.05, 0) is 18.8 Å². The molecule has 11 heavy (non-hydrogen) atoms. The van der Waals surface area contributed by atoms with Crippen LogP contribution in [0.25, 0.3) is 0 Å². The molecule has 0 aliphatic heterocycles. The first-order chi connectivity index (χ1) is 5.35. The topological polar surface area (TPSA) is 34.1 Å². The average molecular weight is 189 g/mol. The summed E-state index contributed by atoms with van der Waals surface area (Å²) in [6.45, 7) is 3.75. The van der Waals surface area contributed by atoms with Crippen LogP contribution in [0, 0.1) is 5.92 Å². The Morgan fingerprint density at radius 1 is 1.18 bits per heavy atom. The molecule has 1 rings (SSSR count). The fourth-order valence-electron chi connectivity index (χ4n) is 1.21. The van der Waals surface area contributed by atoms with Gasteiger partial charge < -0.3 is 0 Å². The summed E-state index contributed by atoms with van der Waals surface area (Å²) < 4.78 is 17.0. The second-order valence-corrected chi connectivity index (χ2v) is 2.77. The van der Waals surface area contributed by atoms with Crippen LogP contribution in [0.3, 0.4) is 0 Å². The molecule has 1 aliphatic rings. The molecule has 1 fully saturated rings. The van der Waals surface area contributed by atoms with Gasteiger partial charge >= 0.3 is 25.7 Å². The quantitative estimate of drug-likeness (QED) is 0.593. The third-order valence-corrected chi connectivity index (χ3v) is 1.78. The SMILES string of the molecule is C=C[C]1CCCCC1.[O]=[Ti]=[O]. The Hall–Kier alpha value is 0.0543. The molecule has 0 aromatic heterocycles. The molecule has 3 heteroatoms. The number of hydrogen-bond acceptors (Lipinski definition) is 2. The van der Waals surface area contributed by atoms with Crippen LogP contribution in [0.4, 0.5) is 0 Å². The van der Waals surface area contributed by atoms with Gasteiger partial charge in [0, 0.05) is 0 Å². The Morgan fingerprint density at radius 3 is 1.91 bits per heavy atom. The molecule has 0 bridgehead atoms. The van der Waals surface area contributed by atoms with Crippen molar-refractivity contribution in [3.05, 3.63) is 18.6 Å². The summed E-state index contributed by atoms with van der Waals surface area (Å²) in [7, 11) is 0. The Bertz CT molecular complexity index is 133. The summed E-state index contributed by atoms with van der Waals surface area (Å²) in [6.07, 6.45) is 8.85. The molecule has 0 heterocycles. The van der Waals surface area contributed by atoms with Crippen molar-refractivity contribution in [2.24, 2.45) is 0 Å². The van der Waals surface area contributed by atoms with Crippen molar-refractivity contribution < 1.29 is 25.7 Å². The first kappa shape index (κ1) is 11.1. The molecule has 0 aromatic carbocycles. The molecular formula is C8H13O2Ti. The molecule has 0 saturated heterocycles. The van der Waals surface area contributed by atoms with Gasteiger partial charge in [-0.25, -0.2) is 0 Å². The molecule has 2 nitrogen and oxygen atoms in total. The Labute approximate surface area is 76.6 Å². The summed E-state index contributed by atoms with van der Waals surface area (Å²) in [4.78, 5) is 0. The number of allylic oxidation sites excluding steroid dienone is 1. The van der Waals surface area contributed by atoms with Gasteiger partial charge in [0.2, 0.25) is 0 Å². The number of hydrogen-bond donors (Lipinski definition) is 0. The summed E-state index contributed by atoms with van der Waals surface area (Å²) in [5.74, 6) is 1.57. The van der Waals surface area contributed by atoms with Gasteiger partial charge in [-0.1, -0.05) is 25.3 Å². The van der Waals surface area contributed by atoms with E-state index in [0.29, 0.717) is 0 Å². The molecule has 0 N–H and O–H groups in total. The van der Waals surface area contributed by atoms with Gasteiger partial charge in [0.05, 0.1) is 0 Å². The van der Waals surface area contributed by atoms with Crippen LogP contribution in [0.5, 0.6) is 0 Å². The zero-order valence-corrected chi connectivity index (χ0v) is 8.20. The van der Waals surface area contributed by atoms with Gasteiger partial charge in [0.1, 0.15) is 0 Å². The van der Waals surface area contributed by atoms with Gasteiger partial charge in [0.15, 0.2) is 0 Å². The van der Waals surface area contributed by atoms with Gasteiger partial charge in [-0.2, -0.15) is 0 Å². The fraction of sp³-hybridized carbons (Fsp3) is 0.625. The van der Waals surface area contributed by atoms with Crippen molar-refractivity contribution in [3.8, 4) is 0 Å². The van der Waals surface area contributed by atoms with E-state index in [1.807, 2.05) is 6.08 Å². The molecule has 1 aliphatic carbocycles. The van der Waals surface area contributed by atoms with Gasteiger partial charge in [0.25, 0.3) is 0 Å². The van der Waals surface area contributed by atoms with Crippen LogP contribution in [0.15, 0.2) is 12.7 Å². The normalized spacial score (nSPS) is 17.5. The fourth-order valence-corrected chi connectivity index (χ4v) is 1.21. The standard InChI is InChI=1S/C8H13.2O.Ti/c1-2-8-6-4-3-5-7-8;;;/h2H,1,3-7H2;;;. The van der Waals surface area contributed by atoms with Crippen LogP contribution in [-0.4, -0.2) is 0 Å². The zero-order chi connectivity index (χ0) is 8.53. The Kier molecular flexibility index (Phi) is 8.19. The van der Waals surface area contributed by atoms with Crippen molar-refractivity contribution in [2.75, 3.05) is 0 Å². The van der Waals surface area contributed by atoms with Crippen molar-refractivity contribution in [3.63, 3.8) is 0 Å². The average Bonchev–Trinajstić information content (AvgIpc) is 2.08. The molecule has 1 saturated carbocycles. The Balaban J connectivity index is 0.000000292. The van der Waals surface area contributed by atoms with E-state index in [2.05, 4.69) is 6.58 Å². The van der Waals surface area contributed by atoms with E-state index in [9.17, 15) is 0 Å². The molecule has 0 amide bonds. The summed E-state index contributed by atoms with van der Waals surface area (Å²) >= 11 is -2.00. The first-order valence-corrected chi connectivity index (χ1v) is 5.09. The molecule has 0 unspecified atom stereocenters. The van der Waals surface area contributed by atoms with Crippen LogP contribution in [0.1, 0.15) is 32.1 Å². The molecule has 0 atom stereocenters. The van der Waals surface area contributed by atoms with E-state index < -0.39 is 19.1 Å². The maximum absolute atomic E-state index is 8.50.